The average Bonchev–Trinajstić information content (AvgIpc) is 3.70. The number of nitrogens with zero attached hydrogens (tertiary/aromatic N) is 5. The van der Waals surface area contributed by atoms with Crippen molar-refractivity contribution in [2.75, 3.05) is 44.5 Å². The number of esters is 1. The number of methoxy groups -OCH3 is 2. The maximum atomic E-state index is 13.1. The zero-order valence-electron chi connectivity index (χ0n) is 29.1. The molecule has 2 aromatic heterocycles. The highest BCUT2D eigenvalue weighted by Gasteiger charge is 2.27. The Kier molecular flexibility index (Phi) is 10.6. The number of carbonyl (C=O) groups excluding carboxylic acids is 4. The molecule has 0 bridgehead atoms. The molecule has 0 unspecified atom stereocenters. The number of hydrogen-bond acceptors (Lipinski definition) is 10. The van der Waals surface area contributed by atoms with Crippen molar-refractivity contribution >= 4 is 47.0 Å². The molecular formula is C37H41N7O7. The summed E-state index contributed by atoms with van der Waals surface area (Å²) in [6.07, 6.45) is 9.03. The topological polar surface area (TPSA) is 158 Å². The van der Waals surface area contributed by atoms with E-state index in [2.05, 4.69) is 25.5 Å². The van der Waals surface area contributed by atoms with E-state index in [-0.39, 0.29) is 42.4 Å². The van der Waals surface area contributed by atoms with Gasteiger partial charge in [0.2, 0.25) is 11.7 Å². The van der Waals surface area contributed by atoms with E-state index in [4.69, 9.17) is 14.2 Å². The molecule has 2 aliphatic rings. The highest BCUT2D eigenvalue weighted by atomic mass is 16.5. The summed E-state index contributed by atoms with van der Waals surface area (Å²) in [6, 6.07) is 12.5. The van der Waals surface area contributed by atoms with E-state index in [1.54, 1.807) is 55.2 Å². The van der Waals surface area contributed by atoms with Gasteiger partial charge in [0.15, 0.2) is 23.1 Å². The minimum Gasteiger partial charge on any atom is -0.493 e. The number of aliphatic imine (C=N–C) groups is 1. The number of rotatable bonds is 11. The third kappa shape index (κ3) is 8.01. The van der Waals surface area contributed by atoms with Crippen molar-refractivity contribution in [1.29, 1.82) is 0 Å². The number of amides is 2. The van der Waals surface area contributed by atoms with Gasteiger partial charge in [0.05, 0.1) is 33.1 Å². The Morgan fingerprint density at radius 1 is 0.941 bits per heavy atom. The largest absolute Gasteiger partial charge is 0.493 e. The molecule has 1 saturated heterocycles. The van der Waals surface area contributed by atoms with Gasteiger partial charge in [0.1, 0.15) is 5.69 Å². The predicted molar refractivity (Wildman–Crippen MR) is 191 cm³/mol. The van der Waals surface area contributed by atoms with Crippen LogP contribution in [0.5, 0.6) is 11.5 Å². The Hall–Kier alpha value is -5.76. The van der Waals surface area contributed by atoms with Crippen molar-refractivity contribution in [3.8, 4) is 22.6 Å². The van der Waals surface area contributed by atoms with Gasteiger partial charge in [-0.3, -0.25) is 24.3 Å². The van der Waals surface area contributed by atoms with Gasteiger partial charge in [0.25, 0.3) is 5.91 Å². The third-order valence-corrected chi connectivity index (χ3v) is 9.01. The fourth-order valence-electron chi connectivity index (χ4n) is 6.29. The van der Waals surface area contributed by atoms with Crippen LogP contribution in [0.3, 0.4) is 0 Å². The van der Waals surface area contributed by atoms with Crippen molar-refractivity contribution < 1.29 is 33.4 Å². The number of aromatic nitrogens is 3. The molecule has 14 nitrogen and oxygen atoms in total. The molecule has 4 heterocycles. The normalized spacial score (nSPS) is 16.2. The highest BCUT2D eigenvalue weighted by molar-refractivity contribution is 6.04. The van der Waals surface area contributed by atoms with Gasteiger partial charge in [-0.05, 0) is 55.6 Å². The van der Waals surface area contributed by atoms with Crippen LogP contribution in [0.1, 0.15) is 63.6 Å². The van der Waals surface area contributed by atoms with Gasteiger partial charge < -0.3 is 34.0 Å². The van der Waals surface area contributed by atoms with Gasteiger partial charge in [-0.15, -0.1) is 0 Å². The minimum atomic E-state index is -0.445. The lowest BCUT2D eigenvalue weighted by molar-refractivity contribution is -0.116. The second kappa shape index (κ2) is 15.4. The van der Waals surface area contributed by atoms with Crippen LogP contribution in [-0.4, -0.2) is 88.8 Å². The summed E-state index contributed by atoms with van der Waals surface area (Å²) in [5.74, 6) is 0.0895. The Morgan fingerprint density at radius 2 is 1.75 bits per heavy atom. The molecule has 1 fully saturated rings. The lowest BCUT2D eigenvalue weighted by atomic mass is 9.99. The second-order valence-electron chi connectivity index (χ2n) is 12.6. The minimum absolute atomic E-state index is 0.000636. The third-order valence-electron chi connectivity index (χ3n) is 9.01. The summed E-state index contributed by atoms with van der Waals surface area (Å²) in [7, 11) is 6.29. The molecule has 266 valence electrons. The number of piperidine rings is 1. The number of fused-ring (bicyclic) bond motifs is 2. The highest BCUT2D eigenvalue weighted by Crippen LogP contribution is 2.37. The maximum Gasteiger partial charge on any atom is 0.354 e. The summed E-state index contributed by atoms with van der Waals surface area (Å²) in [4.78, 5) is 62.0. The van der Waals surface area contributed by atoms with Gasteiger partial charge in [-0.1, -0.05) is 18.6 Å². The summed E-state index contributed by atoms with van der Waals surface area (Å²) in [6.45, 7) is 1.45. The number of hydrogen-bond donors (Lipinski definition) is 2. The van der Waals surface area contributed by atoms with Gasteiger partial charge in [-0.2, -0.15) is 0 Å². The summed E-state index contributed by atoms with van der Waals surface area (Å²) < 4.78 is 19.6. The van der Waals surface area contributed by atoms with Crippen LogP contribution in [0.15, 0.2) is 59.9 Å². The van der Waals surface area contributed by atoms with Gasteiger partial charge >= 0.3 is 5.97 Å². The Bertz CT molecular complexity index is 1980. The molecule has 2 N–H and O–H groups in total. The molecule has 2 amide bonds. The van der Waals surface area contributed by atoms with Crippen LogP contribution in [0.2, 0.25) is 0 Å². The standard InChI is InChI=1S/C37H41N7O7/c1-42-20-24(16-29(42)37(48)50-4)23-10-12-25(13-11-23)39-36(47)35-41-33(22-43(35)2)40-34(46)9-7-15-51-32-18-28-27(17-31(32)49-3)30(45)21-44-14-6-5-8-26(44)19-38-28/h10-13,16-20,22,26H,5-9,14-15,21H2,1-4H3,(H,39,47)(H,40,46)/b38-19-/t26-/m0/s1. The first kappa shape index (κ1) is 35.1. The molecule has 51 heavy (non-hydrogen) atoms. The number of anilines is 2. The fraction of sp³-hybridized carbons (Fsp3) is 0.351. The molecule has 0 aliphatic carbocycles. The van der Waals surface area contributed by atoms with Gasteiger partial charge in [0, 0.05) is 68.0 Å². The van der Waals surface area contributed by atoms with Crippen LogP contribution in [-0.2, 0) is 23.6 Å². The van der Waals surface area contributed by atoms with E-state index in [9.17, 15) is 19.2 Å². The predicted octanol–water partition coefficient (Wildman–Crippen LogP) is 5.02. The van der Waals surface area contributed by atoms with Crippen LogP contribution in [0.25, 0.3) is 11.1 Å². The van der Waals surface area contributed by atoms with Crippen molar-refractivity contribution in [1.82, 2.24) is 19.0 Å². The van der Waals surface area contributed by atoms with Crippen LogP contribution < -0.4 is 20.1 Å². The monoisotopic (exact) mass is 695 g/mol. The van der Waals surface area contributed by atoms with E-state index >= 15 is 0 Å². The van der Waals surface area contributed by atoms with Crippen molar-refractivity contribution in [3.05, 3.63) is 71.9 Å². The molecule has 2 aromatic carbocycles. The van der Waals surface area contributed by atoms with E-state index in [1.807, 2.05) is 24.5 Å². The van der Waals surface area contributed by atoms with E-state index in [0.29, 0.717) is 47.1 Å². The van der Waals surface area contributed by atoms with Crippen molar-refractivity contribution in [2.24, 2.45) is 19.1 Å². The van der Waals surface area contributed by atoms with Crippen LogP contribution >= 0.6 is 0 Å². The summed E-state index contributed by atoms with van der Waals surface area (Å²) >= 11 is 0. The zero-order chi connectivity index (χ0) is 36.1. The smallest absolute Gasteiger partial charge is 0.354 e. The quantitative estimate of drug-likeness (QED) is 0.162. The lowest BCUT2D eigenvalue weighted by Crippen LogP contribution is -2.44. The molecule has 4 aromatic rings. The summed E-state index contributed by atoms with van der Waals surface area (Å²) in [5, 5.41) is 5.57. The molecule has 0 radical (unpaired) electrons. The number of nitrogens with one attached hydrogen (secondary N) is 2. The first-order valence-electron chi connectivity index (χ1n) is 16.8. The fourth-order valence-corrected chi connectivity index (χ4v) is 6.29. The molecule has 0 spiro atoms. The second-order valence-corrected chi connectivity index (χ2v) is 12.6. The Balaban J connectivity index is 1.00. The summed E-state index contributed by atoms with van der Waals surface area (Å²) in [5.41, 5.74) is 3.72. The Morgan fingerprint density at radius 3 is 2.51 bits per heavy atom. The van der Waals surface area contributed by atoms with Crippen LogP contribution in [0.4, 0.5) is 17.2 Å². The molecule has 14 heteroatoms. The zero-order valence-corrected chi connectivity index (χ0v) is 29.1. The van der Waals surface area contributed by atoms with E-state index in [0.717, 1.165) is 36.9 Å². The number of Topliss-reactive ketones (excluding diaryl/α,β-unsaturated/α-hetero) is 1. The van der Waals surface area contributed by atoms with Gasteiger partial charge in [-0.25, -0.2) is 9.78 Å². The molecule has 6 rings (SSSR count). The molecule has 1 atom stereocenters. The van der Waals surface area contributed by atoms with E-state index in [1.165, 1.54) is 18.8 Å². The number of imidazole rings is 1. The van der Waals surface area contributed by atoms with Crippen molar-refractivity contribution in [2.45, 2.75) is 38.1 Å². The molecular weight excluding hydrogens is 654 g/mol. The SMILES string of the molecule is COC(=O)c1cc(-c2ccc(NC(=O)c3nc(NC(=O)CCCOc4cc5c(cc4OC)C(=O)CN4CCCC[C@H]4/C=N\5)cn3C)cc2)cn1C. The first-order chi connectivity index (χ1) is 24.6. The van der Waals surface area contributed by atoms with Crippen molar-refractivity contribution in [3.63, 3.8) is 0 Å². The van der Waals surface area contributed by atoms with Crippen LogP contribution in [0, 0.1) is 0 Å². The number of ether oxygens (including phenoxy) is 3. The number of ketones is 1. The number of carbonyl (C=O) groups is 4. The first-order valence-corrected chi connectivity index (χ1v) is 16.8. The molecule has 0 saturated carbocycles. The number of benzene rings is 2. The average molecular weight is 696 g/mol. The molecule has 2 aliphatic heterocycles. The van der Waals surface area contributed by atoms with E-state index < -0.39 is 11.9 Å². The Labute approximate surface area is 295 Å². The number of aryl methyl sites for hydroxylation is 2. The maximum absolute atomic E-state index is 13.1. The lowest BCUT2D eigenvalue weighted by Gasteiger charge is -2.33.